The summed E-state index contributed by atoms with van der Waals surface area (Å²) in [7, 11) is 0. The van der Waals surface area contributed by atoms with Crippen LogP contribution in [-0.4, -0.2) is 48.1 Å². The number of hydrogen-bond acceptors (Lipinski definition) is 6. The van der Waals surface area contributed by atoms with Gasteiger partial charge >= 0.3 is 0 Å². The Morgan fingerprint density at radius 3 is 2.51 bits per heavy atom. The van der Waals surface area contributed by atoms with Gasteiger partial charge in [-0.15, -0.1) is 0 Å². The minimum absolute atomic E-state index is 0.0306. The number of rotatable bonds is 5. The van der Waals surface area contributed by atoms with E-state index in [1.807, 2.05) is 85.1 Å². The van der Waals surface area contributed by atoms with E-state index < -0.39 is 0 Å². The summed E-state index contributed by atoms with van der Waals surface area (Å²) < 4.78 is 3.72. The fourth-order valence-electron chi connectivity index (χ4n) is 4.45. The van der Waals surface area contributed by atoms with Gasteiger partial charge in [0.05, 0.1) is 11.6 Å². The van der Waals surface area contributed by atoms with Crippen LogP contribution in [0.15, 0.2) is 73.2 Å². The lowest BCUT2D eigenvalue weighted by atomic mass is 9.99. The third-order valence-electron chi connectivity index (χ3n) is 6.26. The smallest absolute Gasteiger partial charge is 0.232 e. The molecule has 1 aliphatic rings. The second-order valence-electron chi connectivity index (χ2n) is 8.77. The largest absolute Gasteiger partial charge is 0.355 e. The Hall–Kier alpha value is -4.53. The number of nitrogens with zero attached hydrogens (tertiary/aromatic N) is 7. The zero-order chi connectivity index (χ0) is 23.9. The van der Waals surface area contributed by atoms with Crippen LogP contribution in [-0.2, 0) is 4.79 Å². The van der Waals surface area contributed by atoms with Gasteiger partial charge in [0.2, 0.25) is 5.91 Å². The van der Waals surface area contributed by atoms with Gasteiger partial charge in [-0.2, -0.15) is 5.10 Å². The van der Waals surface area contributed by atoms with Gasteiger partial charge in [0.1, 0.15) is 29.3 Å². The van der Waals surface area contributed by atoms with Crippen LogP contribution in [0.25, 0.3) is 22.7 Å². The quantitative estimate of drug-likeness (QED) is 0.427. The zero-order valence-electron chi connectivity index (χ0n) is 19.5. The Morgan fingerprint density at radius 1 is 0.971 bits per heavy atom. The molecule has 0 spiro atoms. The number of amides is 1. The van der Waals surface area contributed by atoms with Gasteiger partial charge in [-0.05, 0) is 32.0 Å². The summed E-state index contributed by atoms with van der Waals surface area (Å²) in [5, 5.41) is 7.64. The molecule has 1 aliphatic heterocycles. The second-order valence-corrected chi connectivity index (χ2v) is 8.77. The predicted octanol–water partition coefficient (Wildman–Crippen LogP) is 3.67. The van der Waals surface area contributed by atoms with Crippen molar-refractivity contribution in [3.05, 3.63) is 84.6 Å². The van der Waals surface area contributed by atoms with Crippen molar-refractivity contribution in [3.8, 4) is 17.1 Å². The number of carbonyl (C=O) groups is 1. The van der Waals surface area contributed by atoms with Crippen LogP contribution in [0.3, 0.4) is 0 Å². The number of benzene rings is 1. The molecule has 9 heteroatoms. The van der Waals surface area contributed by atoms with E-state index in [2.05, 4.69) is 25.3 Å². The van der Waals surface area contributed by atoms with E-state index in [0.717, 1.165) is 34.1 Å². The van der Waals surface area contributed by atoms with Crippen molar-refractivity contribution in [2.45, 2.75) is 13.8 Å². The summed E-state index contributed by atoms with van der Waals surface area (Å²) in [4.78, 5) is 28.8. The Bertz CT molecular complexity index is 1530. The minimum Gasteiger partial charge on any atom is -0.355 e. The number of pyridine rings is 1. The molecule has 1 fully saturated rings. The van der Waals surface area contributed by atoms with E-state index in [1.54, 1.807) is 11.0 Å². The highest BCUT2D eigenvalue weighted by Gasteiger charge is 2.34. The molecule has 35 heavy (non-hydrogen) atoms. The monoisotopic (exact) mass is 464 g/mol. The highest BCUT2D eigenvalue weighted by Crippen LogP contribution is 2.30. The predicted molar refractivity (Wildman–Crippen MR) is 134 cm³/mol. The van der Waals surface area contributed by atoms with Crippen molar-refractivity contribution in [3.63, 3.8) is 0 Å². The van der Waals surface area contributed by atoms with E-state index in [-0.39, 0.29) is 11.8 Å². The van der Waals surface area contributed by atoms with Crippen LogP contribution < -0.4 is 10.2 Å². The lowest BCUT2D eigenvalue weighted by molar-refractivity contribution is -0.120. The molecule has 0 bridgehead atoms. The van der Waals surface area contributed by atoms with Crippen LogP contribution in [0.1, 0.15) is 11.4 Å². The second kappa shape index (κ2) is 8.35. The van der Waals surface area contributed by atoms with Crippen molar-refractivity contribution < 1.29 is 4.79 Å². The van der Waals surface area contributed by atoms with Gasteiger partial charge in [-0.3, -0.25) is 9.20 Å². The summed E-state index contributed by atoms with van der Waals surface area (Å²) in [6, 6.07) is 19.6. The Kier molecular flexibility index (Phi) is 5.02. The molecule has 6 rings (SSSR count). The molecule has 1 saturated heterocycles. The molecule has 5 aromatic rings. The first kappa shape index (κ1) is 21.0. The molecule has 1 aromatic carbocycles. The van der Waals surface area contributed by atoms with Crippen molar-refractivity contribution >= 4 is 23.2 Å². The summed E-state index contributed by atoms with van der Waals surface area (Å²) in [6.45, 7) is 5.11. The van der Waals surface area contributed by atoms with E-state index in [1.165, 1.54) is 0 Å². The first-order chi connectivity index (χ1) is 17.1. The maximum Gasteiger partial charge on any atom is 0.232 e. The Balaban J connectivity index is 1.20. The standard InChI is InChI=1S/C26H24N8O/c1-17-12-18(2)34(31-17)23-13-22(27-16-28-23)32-14-20(15-32)26(35)30-25-24(19-8-4-3-5-9-19)29-21-10-6-7-11-33(21)25/h3-13,16,20H,14-15H2,1-2H3,(H,30,35). The number of aryl methyl sites for hydroxylation is 2. The molecule has 174 valence electrons. The lowest BCUT2D eigenvalue weighted by Crippen LogP contribution is -2.52. The van der Waals surface area contributed by atoms with E-state index >= 15 is 0 Å². The summed E-state index contributed by atoms with van der Waals surface area (Å²) >= 11 is 0. The lowest BCUT2D eigenvalue weighted by Gasteiger charge is -2.39. The maximum atomic E-state index is 13.2. The SMILES string of the molecule is Cc1cc(C)n(-c2cc(N3CC(C(=O)Nc4c(-c5ccccc5)nc5ccccn45)C3)ncn2)n1. The van der Waals surface area contributed by atoms with Crippen molar-refractivity contribution in [2.24, 2.45) is 5.92 Å². The van der Waals surface area contributed by atoms with Crippen molar-refractivity contribution in [2.75, 3.05) is 23.3 Å². The summed E-state index contributed by atoms with van der Waals surface area (Å²) in [5.74, 6) is 2.00. The van der Waals surface area contributed by atoms with E-state index in [0.29, 0.717) is 24.7 Å². The van der Waals surface area contributed by atoms with Crippen LogP contribution in [0, 0.1) is 19.8 Å². The molecule has 9 nitrogen and oxygen atoms in total. The van der Waals surface area contributed by atoms with Gasteiger partial charge in [-0.1, -0.05) is 36.4 Å². The van der Waals surface area contributed by atoms with Gasteiger partial charge in [0, 0.05) is 36.6 Å². The number of aromatic nitrogens is 6. The normalized spacial score (nSPS) is 13.7. The molecular weight excluding hydrogens is 440 g/mol. The number of carbonyl (C=O) groups excluding carboxylic acids is 1. The van der Waals surface area contributed by atoms with Crippen LogP contribution >= 0.6 is 0 Å². The molecule has 0 aliphatic carbocycles. The maximum absolute atomic E-state index is 13.2. The first-order valence-electron chi connectivity index (χ1n) is 11.5. The average Bonchev–Trinajstić information content (AvgIpc) is 3.38. The molecule has 5 heterocycles. The topological polar surface area (TPSA) is 93.2 Å². The highest BCUT2D eigenvalue weighted by molar-refractivity contribution is 5.97. The minimum atomic E-state index is -0.153. The number of fused-ring (bicyclic) bond motifs is 1. The first-order valence-corrected chi connectivity index (χ1v) is 11.5. The third kappa shape index (κ3) is 3.80. The van der Waals surface area contributed by atoms with Crippen LogP contribution in [0.2, 0.25) is 0 Å². The fraction of sp³-hybridized carbons (Fsp3) is 0.192. The van der Waals surface area contributed by atoms with Gasteiger partial charge < -0.3 is 10.2 Å². The molecule has 4 aromatic heterocycles. The molecule has 0 unspecified atom stereocenters. The average molecular weight is 465 g/mol. The molecule has 0 saturated carbocycles. The summed E-state index contributed by atoms with van der Waals surface area (Å²) in [5.41, 5.74) is 4.45. The van der Waals surface area contributed by atoms with Crippen LogP contribution in [0.5, 0.6) is 0 Å². The Morgan fingerprint density at radius 2 is 1.74 bits per heavy atom. The van der Waals surface area contributed by atoms with E-state index in [4.69, 9.17) is 4.98 Å². The van der Waals surface area contributed by atoms with Gasteiger partial charge in [0.15, 0.2) is 5.82 Å². The zero-order valence-corrected chi connectivity index (χ0v) is 19.5. The molecule has 0 radical (unpaired) electrons. The molecule has 1 N–H and O–H groups in total. The number of imidazole rings is 1. The molecule has 0 atom stereocenters. The van der Waals surface area contributed by atoms with Gasteiger partial charge in [0.25, 0.3) is 0 Å². The summed E-state index contributed by atoms with van der Waals surface area (Å²) in [6.07, 6.45) is 3.46. The van der Waals surface area contributed by atoms with Crippen molar-refractivity contribution in [1.29, 1.82) is 0 Å². The van der Waals surface area contributed by atoms with Crippen molar-refractivity contribution in [1.82, 2.24) is 29.1 Å². The molecular formula is C26H24N8O. The van der Waals surface area contributed by atoms with E-state index in [9.17, 15) is 4.79 Å². The van der Waals surface area contributed by atoms with Gasteiger partial charge in [-0.25, -0.2) is 19.6 Å². The Labute approximate surface area is 202 Å². The molecule has 1 amide bonds. The highest BCUT2D eigenvalue weighted by atomic mass is 16.2. The van der Waals surface area contributed by atoms with Crippen LogP contribution in [0.4, 0.5) is 11.6 Å². The number of anilines is 2. The number of nitrogens with one attached hydrogen (secondary N) is 1. The fourth-order valence-corrected chi connectivity index (χ4v) is 4.45. The number of hydrogen-bond donors (Lipinski definition) is 1. The third-order valence-corrected chi connectivity index (χ3v) is 6.26.